The molecule has 140 valence electrons. The van der Waals surface area contributed by atoms with Gasteiger partial charge in [-0.05, 0) is 38.8 Å². The van der Waals surface area contributed by atoms with Crippen LogP contribution in [0, 0.1) is 5.92 Å². The molecule has 1 amide bonds. The molecule has 8 heteroatoms. The third-order valence-corrected chi connectivity index (χ3v) is 6.63. The van der Waals surface area contributed by atoms with Gasteiger partial charge in [-0.25, -0.2) is 8.42 Å². The molecule has 0 saturated carbocycles. The van der Waals surface area contributed by atoms with Crippen molar-refractivity contribution >= 4 is 21.5 Å². The standard InChI is InChI=1S/C16H31N3O4S/c1-3-5-13(6-4-2)24(22,23)11-16(18,15(17)21)14(20)12-7-9-19-10-8-12/h12-13,19H,3-11,18H2,1-2H3,(H2,17,21)/t16-/m1/s1/i13D. The van der Waals surface area contributed by atoms with E-state index in [9.17, 15) is 18.0 Å². The first-order valence-electron chi connectivity index (χ1n) is 9.10. The normalized spacial score (nSPS) is 20.2. The summed E-state index contributed by atoms with van der Waals surface area (Å²) in [6, 6.07) is 0. The molecule has 0 aromatic rings. The second-order valence-corrected chi connectivity index (χ2v) is 8.62. The van der Waals surface area contributed by atoms with E-state index in [1.54, 1.807) is 13.8 Å². The van der Waals surface area contributed by atoms with Crippen LogP contribution in [0.1, 0.15) is 53.7 Å². The zero-order valence-electron chi connectivity index (χ0n) is 15.6. The topological polar surface area (TPSA) is 132 Å². The minimum Gasteiger partial charge on any atom is -0.368 e. The molecule has 1 rings (SSSR count). The summed E-state index contributed by atoms with van der Waals surface area (Å²) in [7, 11) is -4.13. The maximum atomic E-state index is 12.9. The molecule has 7 nitrogen and oxygen atoms in total. The average molecular weight is 363 g/mol. The molecule has 0 spiro atoms. The highest BCUT2D eigenvalue weighted by atomic mass is 32.2. The highest BCUT2D eigenvalue weighted by Gasteiger charge is 2.48. The molecule has 24 heavy (non-hydrogen) atoms. The lowest BCUT2D eigenvalue weighted by molar-refractivity contribution is -0.136. The maximum absolute atomic E-state index is 12.9. The van der Waals surface area contributed by atoms with Crippen molar-refractivity contribution < 1.29 is 19.4 Å². The van der Waals surface area contributed by atoms with Crippen LogP contribution in [0.25, 0.3) is 0 Å². The minimum atomic E-state index is -4.13. The minimum absolute atomic E-state index is 0.125. The Hall–Kier alpha value is -0.990. The van der Waals surface area contributed by atoms with Crippen LogP contribution in [0.2, 0.25) is 0 Å². The van der Waals surface area contributed by atoms with Crippen molar-refractivity contribution in [1.29, 1.82) is 0 Å². The van der Waals surface area contributed by atoms with Gasteiger partial charge < -0.3 is 16.8 Å². The van der Waals surface area contributed by atoms with Crippen LogP contribution < -0.4 is 16.8 Å². The summed E-state index contributed by atoms with van der Waals surface area (Å²) in [6.45, 7) is 4.79. The number of piperidine rings is 1. The molecule has 1 aliphatic rings. The van der Waals surface area contributed by atoms with Crippen LogP contribution in [0.3, 0.4) is 0 Å². The van der Waals surface area contributed by atoms with E-state index in [2.05, 4.69) is 5.32 Å². The predicted molar refractivity (Wildman–Crippen MR) is 94.1 cm³/mol. The van der Waals surface area contributed by atoms with Crippen molar-refractivity contribution in [1.82, 2.24) is 5.32 Å². The number of Topliss-reactive ketones (excluding diaryl/α,β-unsaturated/α-hetero) is 1. The van der Waals surface area contributed by atoms with Crippen molar-refractivity contribution in [3.05, 3.63) is 0 Å². The third kappa shape index (κ3) is 5.00. The molecule has 0 unspecified atom stereocenters. The quantitative estimate of drug-likeness (QED) is 0.473. The Bertz CT molecular complexity index is 584. The van der Waals surface area contributed by atoms with Gasteiger partial charge in [0.2, 0.25) is 5.91 Å². The van der Waals surface area contributed by atoms with E-state index in [0.29, 0.717) is 38.8 Å². The van der Waals surface area contributed by atoms with Gasteiger partial charge in [-0.15, -0.1) is 0 Å². The SMILES string of the molecule is [2H]C(CCC)(CCC)S(=O)(=O)C[C@](N)(C(N)=O)C(=O)C1CCNCC1. The van der Waals surface area contributed by atoms with Crippen LogP contribution in [0.4, 0.5) is 0 Å². The number of carbonyl (C=O) groups excluding carboxylic acids is 2. The van der Waals surface area contributed by atoms with E-state index in [-0.39, 0.29) is 12.8 Å². The number of sulfone groups is 1. The van der Waals surface area contributed by atoms with Crippen molar-refractivity contribution in [3.63, 3.8) is 0 Å². The number of carbonyl (C=O) groups is 2. The second-order valence-electron chi connectivity index (χ2n) is 6.52. The summed E-state index contributed by atoms with van der Waals surface area (Å²) in [5.41, 5.74) is 9.05. The molecular formula is C16H31N3O4S. The summed E-state index contributed by atoms with van der Waals surface area (Å²) in [5, 5.41) is 1.34. The first-order chi connectivity index (χ1) is 11.5. The van der Waals surface area contributed by atoms with E-state index in [4.69, 9.17) is 12.8 Å². The Labute approximate surface area is 146 Å². The lowest BCUT2D eigenvalue weighted by atomic mass is 9.82. The smallest absolute Gasteiger partial charge is 0.246 e. The Morgan fingerprint density at radius 3 is 2.17 bits per heavy atom. The molecule has 0 aromatic heterocycles. The van der Waals surface area contributed by atoms with Crippen molar-refractivity contribution in [2.45, 2.75) is 63.1 Å². The number of amides is 1. The van der Waals surface area contributed by atoms with E-state index < -0.39 is 44.0 Å². The first kappa shape index (κ1) is 19.3. The van der Waals surface area contributed by atoms with Crippen molar-refractivity contribution in [2.24, 2.45) is 17.4 Å². The molecule has 0 radical (unpaired) electrons. The molecular weight excluding hydrogens is 330 g/mol. The summed E-state index contributed by atoms with van der Waals surface area (Å²) in [6.07, 6.45) is 2.22. The number of nitrogens with one attached hydrogen (secondary N) is 1. The van der Waals surface area contributed by atoms with Gasteiger partial charge in [0.15, 0.2) is 21.2 Å². The Balaban J connectivity index is 3.17. The van der Waals surface area contributed by atoms with E-state index >= 15 is 0 Å². The van der Waals surface area contributed by atoms with E-state index in [0.717, 1.165) is 0 Å². The number of hydrogen-bond acceptors (Lipinski definition) is 6. The molecule has 0 aromatic carbocycles. The van der Waals surface area contributed by atoms with Gasteiger partial charge in [0, 0.05) is 7.29 Å². The highest BCUT2D eigenvalue weighted by molar-refractivity contribution is 7.92. The molecule has 1 fully saturated rings. The average Bonchev–Trinajstić information content (AvgIpc) is 2.54. The Kier molecular flexibility index (Phi) is 7.18. The van der Waals surface area contributed by atoms with Gasteiger partial charge >= 0.3 is 0 Å². The van der Waals surface area contributed by atoms with Gasteiger partial charge in [0.25, 0.3) is 0 Å². The number of primary amides is 1. The van der Waals surface area contributed by atoms with Crippen LogP contribution in [-0.2, 0) is 19.4 Å². The number of rotatable bonds is 10. The summed E-state index contributed by atoms with van der Waals surface area (Å²) in [4.78, 5) is 24.8. The van der Waals surface area contributed by atoms with E-state index in [1.165, 1.54) is 0 Å². The van der Waals surface area contributed by atoms with Gasteiger partial charge in [0.1, 0.15) is 0 Å². The van der Waals surface area contributed by atoms with Gasteiger partial charge in [-0.3, -0.25) is 9.59 Å². The van der Waals surface area contributed by atoms with E-state index in [1.807, 2.05) is 0 Å². The van der Waals surface area contributed by atoms with Gasteiger partial charge in [0.05, 0.1) is 11.0 Å². The highest BCUT2D eigenvalue weighted by Crippen LogP contribution is 2.24. The molecule has 0 aliphatic carbocycles. The second kappa shape index (κ2) is 8.92. The molecule has 1 atom stereocenters. The van der Waals surface area contributed by atoms with Crippen LogP contribution in [0.15, 0.2) is 0 Å². The summed E-state index contributed by atoms with van der Waals surface area (Å²) < 4.78 is 34.2. The first-order valence-corrected chi connectivity index (χ1v) is 10.3. The predicted octanol–water partition coefficient (Wildman–Crippen LogP) is 0.122. The molecule has 1 saturated heterocycles. The lowest BCUT2D eigenvalue weighted by Gasteiger charge is -2.32. The fourth-order valence-electron chi connectivity index (χ4n) is 3.11. The van der Waals surface area contributed by atoms with Crippen molar-refractivity contribution in [2.75, 3.05) is 18.8 Å². The van der Waals surface area contributed by atoms with Gasteiger partial charge in [-0.2, -0.15) is 0 Å². The summed E-state index contributed by atoms with van der Waals surface area (Å²) in [5.74, 6) is -3.16. The van der Waals surface area contributed by atoms with Gasteiger partial charge in [-0.1, -0.05) is 26.7 Å². The maximum Gasteiger partial charge on any atom is 0.246 e. The molecule has 0 bridgehead atoms. The number of nitrogens with two attached hydrogens (primary N) is 2. The fraction of sp³-hybridized carbons (Fsp3) is 0.875. The molecule has 5 N–H and O–H groups in total. The van der Waals surface area contributed by atoms with Crippen LogP contribution in [-0.4, -0.2) is 49.7 Å². The lowest BCUT2D eigenvalue weighted by Crippen LogP contribution is -2.65. The molecule has 1 aliphatic heterocycles. The number of hydrogen-bond donors (Lipinski definition) is 3. The third-order valence-electron chi connectivity index (χ3n) is 4.50. The fourth-order valence-corrected chi connectivity index (χ4v) is 5.23. The number of ketones is 1. The largest absolute Gasteiger partial charge is 0.368 e. The van der Waals surface area contributed by atoms with Crippen molar-refractivity contribution in [3.8, 4) is 0 Å². The monoisotopic (exact) mass is 362 g/mol. The van der Waals surface area contributed by atoms with Crippen LogP contribution in [0.5, 0.6) is 0 Å². The molecule has 1 heterocycles. The zero-order chi connectivity index (χ0) is 19.3. The zero-order valence-corrected chi connectivity index (χ0v) is 15.5. The Morgan fingerprint density at radius 1 is 1.25 bits per heavy atom. The van der Waals surface area contributed by atoms with Crippen LogP contribution >= 0.6 is 0 Å². The Morgan fingerprint density at radius 2 is 1.75 bits per heavy atom. The summed E-state index contributed by atoms with van der Waals surface area (Å²) >= 11 is 0.